The van der Waals surface area contributed by atoms with Crippen molar-refractivity contribution < 1.29 is 13.6 Å². The summed E-state index contributed by atoms with van der Waals surface area (Å²) in [6.45, 7) is 1.98. The number of hydrogen-bond donors (Lipinski definition) is 1. The van der Waals surface area contributed by atoms with Crippen LogP contribution in [-0.4, -0.2) is 29.4 Å². The largest absolute Gasteiger partial charge is 0.349 e. The second-order valence-electron chi connectivity index (χ2n) is 8.98. The van der Waals surface area contributed by atoms with Gasteiger partial charge in [-0.1, -0.05) is 54.6 Å². The molecule has 1 amide bonds. The van der Waals surface area contributed by atoms with E-state index in [4.69, 9.17) is 0 Å². The molecule has 2 aliphatic heterocycles. The van der Waals surface area contributed by atoms with Crippen LogP contribution in [0.1, 0.15) is 36.3 Å². The van der Waals surface area contributed by atoms with Crippen LogP contribution in [0.3, 0.4) is 0 Å². The molecule has 2 saturated heterocycles. The van der Waals surface area contributed by atoms with Crippen LogP contribution in [0.25, 0.3) is 11.1 Å². The molecule has 3 nitrogen and oxygen atoms in total. The highest BCUT2D eigenvalue weighted by atomic mass is 19.1. The number of hydrogen-bond acceptors (Lipinski definition) is 2. The molecule has 5 heteroatoms. The molecule has 3 aromatic carbocycles. The smallest absolute Gasteiger partial charge is 0.220 e. The molecule has 0 aromatic heterocycles. The van der Waals surface area contributed by atoms with E-state index in [-0.39, 0.29) is 23.5 Å². The third kappa shape index (κ3) is 3.93. The first-order chi connectivity index (χ1) is 15.5. The number of rotatable bonds is 4. The number of halogens is 2. The Balaban J connectivity index is 1.43. The van der Waals surface area contributed by atoms with Gasteiger partial charge in [-0.2, -0.15) is 0 Å². The minimum Gasteiger partial charge on any atom is -0.349 e. The molecule has 0 bridgehead atoms. The van der Waals surface area contributed by atoms with Crippen molar-refractivity contribution >= 4 is 5.91 Å². The third-order valence-corrected chi connectivity index (χ3v) is 6.83. The number of amides is 1. The first-order valence-corrected chi connectivity index (χ1v) is 11.2. The van der Waals surface area contributed by atoms with E-state index in [0.29, 0.717) is 37.2 Å². The van der Waals surface area contributed by atoms with Gasteiger partial charge in [-0.05, 0) is 47.7 Å². The second-order valence-corrected chi connectivity index (χ2v) is 8.98. The number of nitrogens with one attached hydrogen (secondary N) is 1. The van der Waals surface area contributed by atoms with Gasteiger partial charge in [0.15, 0.2) is 0 Å². The van der Waals surface area contributed by atoms with Crippen molar-refractivity contribution in [2.75, 3.05) is 13.1 Å². The number of carbonyl (C=O) groups excluding carboxylic acids is 1. The van der Waals surface area contributed by atoms with Gasteiger partial charge in [0.1, 0.15) is 11.6 Å². The SMILES string of the molecule is O=C1CCC[C@]2(CN(Cc3cccc(-c4ccccc4F)c3)C[C@H]2c2ccccc2F)N1. The Bertz CT molecular complexity index is 1150. The molecule has 0 aliphatic carbocycles. The summed E-state index contributed by atoms with van der Waals surface area (Å²) < 4.78 is 29.0. The molecule has 0 unspecified atom stereocenters. The van der Waals surface area contributed by atoms with E-state index in [2.05, 4.69) is 10.2 Å². The lowest BCUT2D eigenvalue weighted by atomic mass is 9.76. The summed E-state index contributed by atoms with van der Waals surface area (Å²) in [7, 11) is 0. The number of nitrogens with zero attached hydrogens (tertiary/aromatic N) is 1. The Morgan fingerprint density at radius 1 is 0.969 bits per heavy atom. The van der Waals surface area contributed by atoms with Crippen LogP contribution in [0.5, 0.6) is 0 Å². The van der Waals surface area contributed by atoms with Crippen LogP contribution in [0.2, 0.25) is 0 Å². The maximum Gasteiger partial charge on any atom is 0.220 e. The molecule has 2 fully saturated rings. The molecule has 2 heterocycles. The summed E-state index contributed by atoms with van der Waals surface area (Å²) in [5.41, 5.74) is 2.69. The van der Waals surface area contributed by atoms with E-state index >= 15 is 0 Å². The maximum atomic E-state index is 14.7. The molecule has 32 heavy (non-hydrogen) atoms. The first-order valence-electron chi connectivity index (χ1n) is 11.2. The molecule has 5 rings (SSSR count). The normalized spacial score (nSPS) is 23.4. The fraction of sp³-hybridized carbons (Fsp3) is 0.296. The number of benzene rings is 3. The van der Waals surface area contributed by atoms with Gasteiger partial charge in [0.25, 0.3) is 0 Å². The van der Waals surface area contributed by atoms with Gasteiger partial charge in [-0.15, -0.1) is 0 Å². The third-order valence-electron chi connectivity index (χ3n) is 6.83. The van der Waals surface area contributed by atoms with Crippen LogP contribution in [0.4, 0.5) is 8.78 Å². The van der Waals surface area contributed by atoms with Crippen LogP contribution in [-0.2, 0) is 11.3 Å². The number of piperidine rings is 1. The Morgan fingerprint density at radius 3 is 2.53 bits per heavy atom. The molecule has 164 valence electrons. The lowest BCUT2D eigenvalue weighted by Crippen LogP contribution is -2.56. The Hall–Kier alpha value is -3.05. The van der Waals surface area contributed by atoms with Gasteiger partial charge in [-0.25, -0.2) is 8.78 Å². The van der Waals surface area contributed by atoms with Gasteiger partial charge in [0.05, 0.1) is 5.54 Å². The van der Waals surface area contributed by atoms with Crippen LogP contribution < -0.4 is 5.32 Å². The molecule has 2 atom stereocenters. The fourth-order valence-corrected chi connectivity index (χ4v) is 5.42. The van der Waals surface area contributed by atoms with Crippen molar-refractivity contribution in [3.05, 3.63) is 95.6 Å². The highest BCUT2D eigenvalue weighted by Gasteiger charge is 2.49. The standard InChI is InChI=1S/C27H26F2N2O/c28-24-11-3-1-9-21(24)20-8-5-7-19(15-20)16-31-17-23(22-10-2-4-12-25(22)29)27(18-31)14-6-13-26(32)30-27/h1-5,7-12,15,23H,6,13-14,16-18H2,(H,30,32)/t23-,27+/m0/s1. The minimum absolute atomic E-state index is 0.0426. The van der Waals surface area contributed by atoms with Gasteiger partial charge in [0.2, 0.25) is 5.91 Å². The van der Waals surface area contributed by atoms with E-state index in [9.17, 15) is 13.6 Å². The summed E-state index contributed by atoms with van der Waals surface area (Å²) in [5, 5.41) is 3.23. The molecule has 2 aliphatic rings. The number of carbonyl (C=O) groups is 1. The summed E-state index contributed by atoms with van der Waals surface area (Å²) >= 11 is 0. The molecule has 3 aromatic rings. The second kappa shape index (κ2) is 8.47. The zero-order valence-corrected chi connectivity index (χ0v) is 17.9. The zero-order chi connectivity index (χ0) is 22.1. The Kier molecular flexibility index (Phi) is 5.51. The van der Waals surface area contributed by atoms with Crippen molar-refractivity contribution in [2.24, 2.45) is 0 Å². The van der Waals surface area contributed by atoms with Crippen molar-refractivity contribution in [3.63, 3.8) is 0 Å². The minimum atomic E-state index is -0.458. The average Bonchev–Trinajstić information content (AvgIpc) is 3.10. The van der Waals surface area contributed by atoms with E-state index in [1.165, 1.54) is 12.1 Å². The zero-order valence-electron chi connectivity index (χ0n) is 17.9. The van der Waals surface area contributed by atoms with Crippen LogP contribution in [0.15, 0.2) is 72.8 Å². The van der Waals surface area contributed by atoms with Gasteiger partial charge in [-0.3, -0.25) is 9.69 Å². The average molecular weight is 433 g/mol. The molecular formula is C27H26F2N2O. The van der Waals surface area contributed by atoms with E-state index < -0.39 is 5.54 Å². The van der Waals surface area contributed by atoms with E-state index in [0.717, 1.165) is 24.0 Å². The molecule has 1 spiro atoms. The highest BCUT2D eigenvalue weighted by Crippen LogP contribution is 2.42. The van der Waals surface area contributed by atoms with Crippen molar-refractivity contribution in [1.29, 1.82) is 0 Å². The predicted molar refractivity (Wildman–Crippen MR) is 121 cm³/mol. The van der Waals surface area contributed by atoms with Crippen LogP contribution in [0, 0.1) is 11.6 Å². The predicted octanol–water partition coefficient (Wildman–Crippen LogP) is 5.27. The monoisotopic (exact) mass is 432 g/mol. The highest BCUT2D eigenvalue weighted by molar-refractivity contribution is 5.78. The summed E-state index contributed by atoms with van der Waals surface area (Å²) in [4.78, 5) is 14.6. The van der Waals surface area contributed by atoms with Crippen molar-refractivity contribution in [2.45, 2.75) is 37.3 Å². The fourth-order valence-electron chi connectivity index (χ4n) is 5.42. The Morgan fingerprint density at radius 2 is 1.75 bits per heavy atom. The summed E-state index contributed by atoms with van der Waals surface area (Å²) in [5.74, 6) is -0.530. The first kappa shape index (κ1) is 20.8. The van der Waals surface area contributed by atoms with Gasteiger partial charge < -0.3 is 5.32 Å². The van der Waals surface area contributed by atoms with E-state index in [1.807, 2.05) is 42.5 Å². The molecule has 0 saturated carbocycles. The van der Waals surface area contributed by atoms with E-state index in [1.54, 1.807) is 18.2 Å². The van der Waals surface area contributed by atoms with Crippen molar-refractivity contribution in [1.82, 2.24) is 10.2 Å². The van der Waals surface area contributed by atoms with Crippen LogP contribution >= 0.6 is 0 Å². The molecule has 0 radical (unpaired) electrons. The lowest BCUT2D eigenvalue weighted by molar-refractivity contribution is -0.125. The van der Waals surface area contributed by atoms with Gasteiger partial charge >= 0.3 is 0 Å². The lowest BCUT2D eigenvalue weighted by Gasteiger charge is -2.39. The number of likely N-dealkylation sites (tertiary alicyclic amines) is 1. The Labute approximate surface area is 187 Å². The quantitative estimate of drug-likeness (QED) is 0.609. The molecular weight excluding hydrogens is 406 g/mol. The molecule has 1 N–H and O–H groups in total. The topological polar surface area (TPSA) is 32.3 Å². The maximum absolute atomic E-state index is 14.7. The summed E-state index contributed by atoms with van der Waals surface area (Å²) in [6, 6.07) is 21.6. The van der Waals surface area contributed by atoms with Crippen molar-refractivity contribution in [3.8, 4) is 11.1 Å². The van der Waals surface area contributed by atoms with Gasteiger partial charge in [0, 0.05) is 37.5 Å². The summed E-state index contributed by atoms with van der Waals surface area (Å²) in [6.07, 6.45) is 2.17.